The predicted octanol–water partition coefficient (Wildman–Crippen LogP) is 0.497. The normalized spacial score (nSPS) is 31.6. The Morgan fingerprint density at radius 2 is 2.00 bits per heavy atom. The van der Waals surface area contributed by atoms with Crippen LogP contribution in [0.5, 0.6) is 0 Å². The average Bonchev–Trinajstić information content (AvgIpc) is 3.30. The van der Waals surface area contributed by atoms with Crippen LogP contribution in [-0.2, 0) is 22.7 Å². The molecule has 3 saturated heterocycles. The lowest BCUT2D eigenvalue weighted by Crippen LogP contribution is -2.50. The van der Waals surface area contributed by atoms with Crippen LogP contribution in [0.1, 0.15) is 30.4 Å². The molecule has 1 aromatic rings. The third kappa shape index (κ3) is 2.37. The maximum atomic E-state index is 14.4. The number of fused-ring (bicyclic) bond motifs is 3. The SMILES string of the molecule is O=C1CCC(N2Cc3c(F)ccc(N4CC5CC4CN5)c3C2)C(=O)N1. The topological polar surface area (TPSA) is 64.7 Å². The summed E-state index contributed by atoms with van der Waals surface area (Å²) in [5.41, 5.74) is 2.83. The van der Waals surface area contributed by atoms with E-state index in [9.17, 15) is 14.0 Å². The van der Waals surface area contributed by atoms with Gasteiger partial charge in [-0.05, 0) is 30.5 Å². The number of carbonyl (C=O) groups excluding carboxylic acids is 2. The fourth-order valence-corrected chi connectivity index (χ4v) is 4.84. The molecule has 7 heteroatoms. The Hall–Kier alpha value is -1.99. The van der Waals surface area contributed by atoms with Crippen molar-refractivity contribution in [3.8, 4) is 0 Å². The van der Waals surface area contributed by atoms with E-state index in [1.807, 2.05) is 11.0 Å². The second-order valence-corrected chi connectivity index (χ2v) is 7.54. The molecule has 0 radical (unpaired) electrons. The predicted molar refractivity (Wildman–Crippen MR) is 89.4 cm³/mol. The van der Waals surface area contributed by atoms with Crippen LogP contribution in [-0.4, -0.2) is 47.9 Å². The lowest BCUT2D eigenvalue weighted by atomic mass is 10.0. The second kappa shape index (κ2) is 5.51. The Kier molecular flexibility index (Phi) is 3.36. The third-order valence-electron chi connectivity index (χ3n) is 6.09. The van der Waals surface area contributed by atoms with Crippen molar-refractivity contribution in [1.82, 2.24) is 15.5 Å². The van der Waals surface area contributed by atoms with E-state index in [1.54, 1.807) is 6.07 Å². The number of anilines is 1. The summed E-state index contributed by atoms with van der Waals surface area (Å²) < 4.78 is 14.4. The summed E-state index contributed by atoms with van der Waals surface area (Å²) in [6.07, 6.45) is 2.00. The largest absolute Gasteiger partial charge is 0.365 e. The first-order valence-electron chi connectivity index (χ1n) is 8.98. The fourth-order valence-electron chi connectivity index (χ4n) is 4.84. The zero-order valence-corrected chi connectivity index (χ0v) is 13.9. The average molecular weight is 344 g/mol. The van der Waals surface area contributed by atoms with Crippen molar-refractivity contribution in [2.45, 2.75) is 50.5 Å². The van der Waals surface area contributed by atoms with E-state index in [0.29, 0.717) is 43.6 Å². The monoisotopic (exact) mass is 344 g/mol. The zero-order chi connectivity index (χ0) is 17.1. The van der Waals surface area contributed by atoms with Crippen LogP contribution in [0.3, 0.4) is 0 Å². The minimum atomic E-state index is -0.353. The number of piperidine rings is 1. The molecular formula is C18H21FN4O2. The number of rotatable bonds is 2. The Morgan fingerprint density at radius 1 is 1.16 bits per heavy atom. The van der Waals surface area contributed by atoms with Gasteiger partial charge in [0.1, 0.15) is 5.82 Å². The standard InChI is InChI=1S/C18H21FN4O2/c19-14-1-2-15(23-7-10-5-11(23)6-20-10)13-9-22(8-12(13)14)16-3-4-17(24)21-18(16)25/h1-2,10-11,16,20H,3-9H2,(H,21,24,25). The van der Waals surface area contributed by atoms with E-state index < -0.39 is 0 Å². The van der Waals surface area contributed by atoms with Gasteiger partial charge in [0.05, 0.1) is 6.04 Å². The van der Waals surface area contributed by atoms with Crippen molar-refractivity contribution in [3.05, 3.63) is 29.1 Å². The van der Waals surface area contributed by atoms with Crippen LogP contribution in [0.4, 0.5) is 10.1 Å². The molecule has 0 aliphatic carbocycles. The summed E-state index contributed by atoms with van der Waals surface area (Å²) in [6.45, 7) is 2.94. The van der Waals surface area contributed by atoms with Crippen molar-refractivity contribution in [2.75, 3.05) is 18.0 Å². The van der Waals surface area contributed by atoms with Gasteiger partial charge in [-0.25, -0.2) is 4.39 Å². The molecule has 3 atom stereocenters. The van der Waals surface area contributed by atoms with E-state index in [4.69, 9.17) is 0 Å². The number of nitrogens with zero attached hydrogens (tertiary/aromatic N) is 2. The molecule has 0 aromatic heterocycles. The zero-order valence-electron chi connectivity index (χ0n) is 13.9. The van der Waals surface area contributed by atoms with E-state index in [0.717, 1.165) is 30.8 Å². The minimum Gasteiger partial charge on any atom is -0.365 e. The summed E-state index contributed by atoms with van der Waals surface area (Å²) in [6, 6.07) is 4.10. The van der Waals surface area contributed by atoms with Crippen LogP contribution in [0.25, 0.3) is 0 Å². The molecule has 5 rings (SSSR count). The Morgan fingerprint density at radius 3 is 2.72 bits per heavy atom. The first kappa shape index (κ1) is 15.3. The number of hydrogen-bond donors (Lipinski definition) is 2. The number of benzene rings is 1. The number of halogens is 1. The van der Waals surface area contributed by atoms with Crippen LogP contribution in [0, 0.1) is 5.82 Å². The number of amides is 2. The maximum absolute atomic E-state index is 14.4. The minimum absolute atomic E-state index is 0.198. The molecule has 1 aromatic carbocycles. The van der Waals surface area contributed by atoms with E-state index in [2.05, 4.69) is 15.5 Å². The summed E-state index contributed by atoms with van der Waals surface area (Å²) in [7, 11) is 0. The fraction of sp³-hybridized carbons (Fsp3) is 0.556. The van der Waals surface area contributed by atoms with Gasteiger partial charge in [-0.15, -0.1) is 0 Å². The van der Waals surface area contributed by atoms with Gasteiger partial charge >= 0.3 is 0 Å². The van der Waals surface area contributed by atoms with Gasteiger partial charge in [0.25, 0.3) is 0 Å². The van der Waals surface area contributed by atoms with Gasteiger partial charge in [-0.1, -0.05) is 0 Å². The van der Waals surface area contributed by atoms with Gasteiger partial charge in [0, 0.05) is 55.9 Å². The first-order valence-corrected chi connectivity index (χ1v) is 8.98. The van der Waals surface area contributed by atoms with Crippen molar-refractivity contribution in [2.24, 2.45) is 0 Å². The highest BCUT2D eigenvalue weighted by molar-refractivity contribution is 6.00. The molecule has 3 fully saturated rings. The quantitative estimate of drug-likeness (QED) is 0.765. The van der Waals surface area contributed by atoms with Gasteiger partial charge < -0.3 is 10.2 Å². The van der Waals surface area contributed by atoms with Crippen molar-refractivity contribution in [1.29, 1.82) is 0 Å². The molecule has 25 heavy (non-hydrogen) atoms. The van der Waals surface area contributed by atoms with Crippen molar-refractivity contribution in [3.63, 3.8) is 0 Å². The molecule has 4 heterocycles. The first-order chi connectivity index (χ1) is 12.1. The lowest BCUT2D eigenvalue weighted by molar-refractivity contribution is -0.137. The van der Waals surface area contributed by atoms with Gasteiger partial charge in [-0.2, -0.15) is 0 Å². The molecule has 2 N–H and O–H groups in total. The Labute approximate surface area is 145 Å². The molecule has 2 bridgehead atoms. The highest BCUT2D eigenvalue weighted by Crippen LogP contribution is 2.39. The van der Waals surface area contributed by atoms with E-state index in [-0.39, 0.29) is 23.7 Å². The highest BCUT2D eigenvalue weighted by Gasteiger charge is 2.41. The number of hydrogen-bond acceptors (Lipinski definition) is 5. The lowest BCUT2D eigenvalue weighted by Gasteiger charge is -2.32. The van der Waals surface area contributed by atoms with Crippen LogP contribution in [0.2, 0.25) is 0 Å². The molecule has 3 unspecified atom stereocenters. The summed E-state index contributed by atoms with van der Waals surface area (Å²) in [5.74, 6) is -0.670. The van der Waals surface area contributed by atoms with Gasteiger partial charge in [0.2, 0.25) is 11.8 Å². The number of carbonyl (C=O) groups is 2. The molecule has 4 aliphatic heterocycles. The smallest absolute Gasteiger partial charge is 0.243 e. The maximum Gasteiger partial charge on any atom is 0.243 e. The molecule has 6 nitrogen and oxygen atoms in total. The summed E-state index contributed by atoms with van der Waals surface area (Å²) >= 11 is 0. The molecular weight excluding hydrogens is 323 g/mol. The van der Waals surface area contributed by atoms with Gasteiger partial charge in [0.15, 0.2) is 0 Å². The number of piperazine rings is 1. The Balaban J connectivity index is 1.44. The number of nitrogens with one attached hydrogen (secondary N) is 2. The van der Waals surface area contributed by atoms with E-state index in [1.165, 1.54) is 0 Å². The summed E-state index contributed by atoms with van der Waals surface area (Å²) in [5, 5.41) is 5.90. The molecule has 132 valence electrons. The molecule has 0 spiro atoms. The molecule has 4 aliphatic rings. The molecule has 2 amide bonds. The second-order valence-electron chi connectivity index (χ2n) is 7.54. The van der Waals surface area contributed by atoms with Crippen LogP contribution in [0.15, 0.2) is 12.1 Å². The highest BCUT2D eigenvalue weighted by atomic mass is 19.1. The molecule has 0 saturated carbocycles. The van der Waals surface area contributed by atoms with Crippen molar-refractivity contribution < 1.29 is 14.0 Å². The van der Waals surface area contributed by atoms with Crippen LogP contribution < -0.4 is 15.5 Å². The van der Waals surface area contributed by atoms with Crippen LogP contribution >= 0.6 is 0 Å². The summed E-state index contributed by atoms with van der Waals surface area (Å²) in [4.78, 5) is 28.0. The van der Waals surface area contributed by atoms with E-state index >= 15 is 0 Å². The Bertz CT molecular complexity index is 768. The van der Waals surface area contributed by atoms with Crippen molar-refractivity contribution >= 4 is 17.5 Å². The number of imide groups is 1. The third-order valence-corrected chi connectivity index (χ3v) is 6.09. The van der Waals surface area contributed by atoms with Gasteiger partial charge in [-0.3, -0.25) is 19.8 Å².